The van der Waals surface area contributed by atoms with E-state index in [9.17, 15) is 4.79 Å². The normalized spacial score (nSPS) is 11.4. The highest BCUT2D eigenvalue weighted by Gasteiger charge is 2.21. The van der Waals surface area contributed by atoms with Crippen LogP contribution in [0.5, 0.6) is 0 Å². The van der Waals surface area contributed by atoms with Crippen LogP contribution < -0.4 is 11.1 Å². The van der Waals surface area contributed by atoms with E-state index in [2.05, 4.69) is 33.5 Å². The summed E-state index contributed by atoms with van der Waals surface area (Å²) in [5, 5.41) is 7.12. The van der Waals surface area contributed by atoms with E-state index in [0.29, 0.717) is 17.1 Å². The number of aromatic nitrogens is 2. The number of aryl methyl sites for hydroxylation is 1. The van der Waals surface area contributed by atoms with Gasteiger partial charge in [-0.15, -0.1) is 22.7 Å². The van der Waals surface area contributed by atoms with Crippen LogP contribution >= 0.6 is 22.7 Å². The molecule has 7 heteroatoms. The Labute approximate surface area is 181 Å². The van der Waals surface area contributed by atoms with Gasteiger partial charge in [-0.1, -0.05) is 24.3 Å². The number of rotatable bonds is 5. The maximum Gasteiger partial charge on any atom is 0.263 e. The minimum absolute atomic E-state index is 0.148. The number of para-hydroxylation sites is 1. The molecule has 0 aliphatic rings. The van der Waals surface area contributed by atoms with Gasteiger partial charge in [0.25, 0.3) is 5.91 Å². The Kier molecular flexibility index (Phi) is 4.77. The lowest BCUT2D eigenvalue weighted by atomic mass is 10.1. The molecule has 0 aliphatic heterocycles. The van der Waals surface area contributed by atoms with Crippen LogP contribution in [0.3, 0.4) is 0 Å². The molecule has 0 aliphatic carbocycles. The van der Waals surface area contributed by atoms with Crippen molar-refractivity contribution in [2.45, 2.75) is 13.3 Å². The summed E-state index contributed by atoms with van der Waals surface area (Å²) < 4.78 is 0. The highest BCUT2D eigenvalue weighted by molar-refractivity contribution is 7.21. The fraction of sp³-hybridized carbons (Fsp3) is 0.130. The molecular weight excluding hydrogens is 412 g/mol. The summed E-state index contributed by atoms with van der Waals surface area (Å²) in [6.07, 6.45) is 2.75. The molecule has 0 spiro atoms. The first-order valence-electron chi connectivity index (χ1n) is 9.68. The van der Waals surface area contributed by atoms with Crippen molar-refractivity contribution in [2.75, 3.05) is 12.3 Å². The van der Waals surface area contributed by atoms with E-state index in [-0.39, 0.29) is 5.91 Å². The van der Waals surface area contributed by atoms with Crippen LogP contribution in [0, 0.1) is 6.92 Å². The first-order valence-corrected chi connectivity index (χ1v) is 11.4. The Balaban J connectivity index is 1.40. The second-order valence-corrected chi connectivity index (χ2v) is 9.13. The van der Waals surface area contributed by atoms with E-state index in [1.165, 1.54) is 22.3 Å². The van der Waals surface area contributed by atoms with Crippen LogP contribution in [0.25, 0.3) is 31.6 Å². The Morgan fingerprint density at radius 2 is 2.10 bits per heavy atom. The van der Waals surface area contributed by atoms with Gasteiger partial charge in [0.15, 0.2) is 0 Å². The van der Waals surface area contributed by atoms with Gasteiger partial charge in [-0.05, 0) is 42.5 Å². The Bertz CT molecular complexity index is 1370. The number of pyridine rings is 1. The molecule has 0 saturated carbocycles. The molecule has 30 heavy (non-hydrogen) atoms. The summed E-state index contributed by atoms with van der Waals surface area (Å²) in [5.41, 5.74) is 11.2. The number of carbonyl (C=O) groups excluding carboxylic acids is 1. The van der Waals surface area contributed by atoms with E-state index < -0.39 is 0 Å². The Morgan fingerprint density at radius 3 is 2.93 bits per heavy atom. The lowest BCUT2D eigenvalue weighted by Gasteiger charge is -2.05. The molecule has 4 aromatic heterocycles. The number of fused-ring (bicyclic) bond motifs is 2. The zero-order chi connectivity index (χ0) is 20.7. The third-order valence-corrected chi connectivity index (χ3v) is 7.18. The second-order valence-electron chi connectivity index (χ2n) is 7.18. The summed E-state index contributed by atoms with van der Waals surface area (Å²) in [7, 11) is 0. The number of hydrogen-bond donors (Lipinski definition) is 3. The molecular formula is C23H20N4OS2. The third-order valence-electron chi connectivity index (χ3n) is 5.17. The first-order chi connectivity index (χ1) is 14.6. The maximum absolute atomic E-state index is 12.9. The van der Waals surface area contributed by atoms with Crippen LogP contribution in [-0.2, 0) is 6.42 Å². The highest BCUT2D eigenvalue weighted by atomic mass is 32.1. The van der Waals surface area contributed by atoms with Crippen LogP contribution in [0.2, 0.25) is 0 Å². The number of benzene rings is 1. The summed E-state index contributed by atoms with van der Waals surface area (Å²) in [6, 6.07) is 14.3. The summed E-state index contributed by atoms with van der Waals surface area (Å²) in [6.45, 7) is 2.51. The number of hydrogen-bond acceptors (Lipinski definition) is 5. The van der Waals surface area contributed by atoms with Gasteiger partial charge < -0.3 is 16.0 Å². The molecule has 5 aromatic rings. The average Bonchev–Trinajstić information content (AvgIpc) is 3.47. The van der Waals surface area contributed by atoms with Gasteiger partial charge in [-0.25, -0.2) is 4.98 Å². The summed E-state index contributed by atoms with van der Waals surface area (Å²) in [5.74, 6) is -0.148. The van der Waals surface area contributed by atoms with Gasteiger partial charge in [0, 0.05) is 45.2 Å². The van der Waals surface area contributed by atoms with Crippen molar-refractivity contribution in [1.82, 2.24) is 15.3 Å². The largest absolute Gasteiger partial charge is 0.397 e. The molecule has 0 radical (unpaired) electrons. The second kappa shape index (κ2) is 7.59. The molecule has 4 N–H and O–H groups in total. The fourth-order valence-electron chi connectivity index (χ4n) is 3.77. The van der Waals surface area contributed by atoms with Crippen molar-refractivity contribution in [2.24, 2.45) is 0 Å². The van der Waals surface area contributed by atoms with Gasteiger partial charge in [-0.2, -0.15) is 0 Å². The molecule has 1 amide bonds. The molecule has 0 fully saturated rings. The number of anilines is 1. The van der Waals surface area contributed by atoms with Crippen molar-refractivity contribution < 1.29 is 4.79 Å². The lowest BCUT2D eigenvalue weighted by molar-refractivity contribution is 0.0959. The third kappa shape index (κ3) is 3.26. The Morgan fingerprint density at radius 1 is 1.23 bits per heavy atom. The number of nitrogens with zero attached hydrogens (tertiary/aromatic N) is 1. The number of nitrogen functional groups attached to an aromatic ring is 1. The molecule has 0 atom stereocenters. The predicted molar refractivity (Wildman–Crippen MR) is 126 cm³/mol. The molecule has 150 valence electrons. The quantitative estimate of drug-likeness (QED) is 0.349. The van der Waals surface area contributed by atoms with Gasteiger partial charge in [0.05, 0.1) is 5.69 Å². The molecule has 0 unspecified atom stereocenters. The van der Waals surface area contributed by atoms with Crippen molar-refractivity contribution in [1.29, 1.82) is 0 Å². The molecule has 5 rings (SSSR count). The highest BCUT2D eigenvalue weighted by Crippen LogP contribution is 2.40. The topological polar surface area (TPSA) is 83.8 Å². The molecule has 0 bridgehead atoms. The van der Waals surface area contributed by atoms with E-state index in [1.807, 2.05) is 42.8 Å². The van der Waals surface area contributed by atoms with E-state index in [1.54, 1.807) is 11.3 Å². The number of amides is 1. The number of thiophene rings is 2. The SMILES string of the molecule is Cc1cc(-c2cccs2)c2c(N)c(C(=O)NCCc3c[nH]c4ccccc34)sc2n1. The van der Waals surface area contributed by atoms with Crippen molar-refractivity contribution in [3.8, 4) is 10.4 Å². The van der Waals surface area contributed by atoms with E-state index in [4.69, 9.17) is 5.73 Å². The number of nitrogens with two attached hydrogens (primary N) is 1. The van der Waals surface area contributed by atoms with E-state index in [0.717, 1.165) is 38.3 Å². The monoisotopic (exact) mass is 432 g/mol. The number of carbonyl (C=O) groups is 1. The van der Waals surface area contributed by atoms with Gasteiger partial charge >= 0.3 is 0 Å². The molecule has 4 heterocycles. The smallest absolute Gasteiger partial charge is 0.263 e. The van der Waals surface area contributed by atoms with Crippen LogP contribution in [0.1, 0.15) is 20.9 Å². The zero-order valence-electron chi connectivity index (χ0n) is 16.4. The minimum atomic E-state index is -0.148. The van der Waals surface area contributed by atoms with Crippen LogP contribution in [-0.4, -0.2) is 22.4 Å². The van der Waals surface area contributed by atoms with Gasteiger partial charge in [0.1, 0.15) is 9.71 Å². The number of H-pyrrole nitrogens is 1. The van der Waals surface area contributed by atoms with Crippen molar-refractivity contribution in [3.05, 3.63) is 70.2 Å². The zero-order valence-corrected chi connectivity index (χ0v) is 18.0. The van der Waals surface area contributed by atoms with Crippen LogP contribution in [0.15, 0.2) is 54.0 Å². The number of nitrogens with one attached hydrogen (secondary N) is 2. The predicted octanol–water partition coefficient (Wildman–Crippen LogP) is 5.37. The lowest BCUT2D eigenvalue weighted by Crippen LogP contribution is -2.25. The summed E-state index contributed by atoms with van der Waals surface area (Å²) >= 11 is 3.02. The van der Waals surface area contributed by atoms with Gasteiger partial charge in [0.2, 0.25) is 0 Å². The minimum Gasteiger partial charge on any atom is -0.397 e. The van der Waals surface area contributed by atoms with Crippen molar-refractivity contribution >= 4 is 55.4 Å². The Hall–Kier alpha value is -3.16. The standard InChI is InChI=1S/C23H20N4OS2/c1-13-11-16(18-7-4-10-29-18)19-20(24)21(30-23(19)27-13)22(28)25-9-8-14-12-26-17-6-3-2-5-15(14)17/h2-7,10-12,26H,8-9,24H2,1H3,(H,25,28). The molecule has 5 nitrogen and oxygen atoms in total. The van der Waals surface area contributed by atoms with Gasteiger partial charge in [-0.3, -0.25) is 4.79 Å². The first kappa shape index (κ1) is 18.8. The van der Waals surface area contributed by atoms with Crippen LogP contribution in [0.4, 0.5) is 5.69 Å². The van der Waals surface area contributed by atoms with Crippen molar-refractivity contribution in [3.63, 3.8) is 0 Å². The van der Waals surface area contributed by atoms with E-state index >= 15 is 0 Å². The maximum atomic E-state index is 12.9. The average molecular weight is 433 g/mol. The summed E-state index contributed by atoms with van der Waals surface area (Å²) in [4.78, 5) is 23.2. The fourth-order valence-corrected chi connectivity index (χ4v) is 5.60. The number of aromatic amines is 1. The molecule has 0 saturated heterocycles. The molecule has 1 aromatic carbocycles.